The van der Waals surface area contributed by atoms with Gasteiger partial charge in [0, 0.05) is 31.6 Å². The Bertz CT molecular complexity index is 303. The van der Waals surface area contributed by atoms with Crippen LogP contribution in [0.25, 0.3) is 0 Å². The average molecular weight is 279 g/mol. The Morgan fingerprint density at radius 2 is 1.50 bits per heavy atom. The van der Waals surface area contributed by atoms with Gasteiger partial charge in [0.2, 0.25) is 0 Å². The van der Waals surface area contributed by atoms with Crippen molar-refractivity contribution in [3.63, 3.8) is 0 Å². The van der Waals surface area contributed by atoms with Gasteiger partial charge in [-0.15, -0.1) is 0 Å². The van der Waals surface area contributed by atoms with Crippen LogP contribution in [0.2, 0.25) is 0 Å². The van der Waals surface area contributed by atoms with E-state index in [4.69, 9.17) is 0 Å². The Kier molecular flexibility index (Phi) is 4.68. The number of hydrogen-bond donors (Lipinski definition) is 0. The maximum Gasteiger partial charge on any atom is 0.00852 e. The predicted molar refractivity (Wildman–Crippen MR) is 85.1 cm³/mol. The molecule has 3 nitrogen and oxygen atoms in total. The fraction of sp³-hybridized carbons (Fsp3) is 1.00. The van der Waals surface area contributed by atoms with Gasteiger partial charge in [-0.1, -0.05) is 13.8 Å². The van der Waals surface area contributed by atoms with Crippen molar-refractivity contribution in [1.82, 2.24) is 14.7 Å². The van der Waals surface area contributed by atoms with Crippen molar-refractivity contribution in [3.8, 4) is 0 Å². The first kappa shape index (κ1) is 14.8. The Labute approximate surface area is 125 Å². The van der Waals surface area contributed by atoms with Crippen LogP contribution in [0.1, 0.15) is 39.5 Å². The van der Waals surface area contributed by atoms with Gasteiger partial charge in [-0.25, -0.2) is 0 Å². The first-order valence-corrected chi connectivity index (χ1v) is 8.90. The van der Waals surface area contributed by atoms with E-state index in [2.05, 4.69) is 28.5 Å². The summed E-state index contributed by atoms with van der Waals surface area (Å²) >= 11 is 0. The molecule has 0 unspecified atom stereocenters. The van der Waals surface area contributed by atoms with E-state index in [1.165, 1.54) is 84.6 Å². The van der Waals surface area contributed by atoms with Gasteiger partial charge in [0.25, 0.3) is 0 Å². The molecule has 3 rings (SSSR count). The van der Waals surface area contributed by atoms with E-state index in [0.29, 0.717) is 5.41 Å². The van der Waals surface area contributed by atoms with Crippen molar-refractivity contribution in [2.45, 2.75) is 39.5 Å². The summed E-state index contributed by atoms with van der Waals surface area (Å²) in [5, 5.41) is 0. The minimum Gasteiger partial charge on any atom is -0.304 e. The molecule has 0 saturated carbocycles. The fourth-order valence-electron chi connectivity index (χ4n) is 4.70. The lowest BCUT2D eigenvalue weighted by Gasteiger charge is -2.55. The highest BCUT2D eigenvalue weighted by atomic mass is 15.2. The molecular weight excluding hydrogens is 246 g/mol. The Balaban J connectivity index is 1.44. The monoisotopic (exact) mass is 279 g/mol. The van der Waals surface area contributed by atoms with Crippen molar-refractivity contribution in [2.75, 3.05) is 58.9 Å². The van der Waals surface area contributed by atoms with E-state index in [1.807, 2.05) is 0 Å². The maximum absolute atomic E-state index is 2.81. The smallest absolute Gasteiger partial charge is 0.00852 e. The van der Waals surface area contributed by atoms with E-state index in [0.717, 1.165) is 5.92 Å². The minimum absolute atomic E-state index is 0.679. The minimum atomic E-state index is 0.679. The summed E-state index contributed by atoms with van der Waals surface area (Å²) in [5.74, 6) is 0.968. The highest BCUT2D eigenvalue weighted by Gasteiger charge is 2.44. The average Bonchev–Trinajstić information content (AvgIpc) is 2.45. The van der Waals surface area contributed by atoms with Gasteiger partial charge in [-0.2, -0.15) is 0 Å². The number of piperidine rings is 2. The van der Waals surface area contributed by atoms with Crippen LogP contribution in [0.3, 0.4) is 0 Å². The summed E-state index contributed by atoms with van der Waals surface area (Å²) in [5.41, 5.74) is 0.679. The molecule has 0 aromatic heterocycles. The van der Waals surface area contributed by atoms with Crippen molar-refractivity contribution >= 4 is 0 Å². The lowest BCUT2D eigenvalue weighted by molar-refractivity contribution is -0.0559. The summed E-state index contributed by atoms with van der Waals surface area (Å²) in [7, 11) is 0. The van der Waals surface area contributed by atoms with Gasteiger partial charge in [0.05, 0.1) is 0 Å². The van der Waals surface area contributed by atoms with E-state index < -0.39 is 0 Å². The second-order valence-corrected chi connectivity index (χ2v) is 7.52. The third kappa shape index (κ3) is 3.20. The zero-order valence-electron chi connectivity index (χ0n) is 13.6. The van der Waals surface area contributed by atoms with Crippen LogP contribution in [0.15, 0.2) is 0 Å². The third-order valence-electron chi connectivity index (χ3n) is 5.98. The van der Waals surface area contributed by atoms with Crippen LogP contribution < -0.4 is 0 Å². The zero-order chi connectivity index (χ0) is 14.0. The number of hydrogen-bond acceptors (Lipinski definition) is 3. The van der Waals surface area contributed by atoms with Crippen molar-refractivity contribution in [2.24, 2.45) is 11.3 Å². The van der Waals surface area contributed by atoms with E-state index in [1.54, 1.807) is 0 Å². The Hall–Kier alpha value is -0.120. The molecule has 0 aromatic carbocycles. The molecule has 3 aliphatic rings. The van der Waals surface area contributed by atoms with E-state index >= 15 is 0 Å². The second-order valence-electron chi connectivity index (χ2n) is 7.52. The molecule has 20 heavy (non-hydrogen) atoms. The number of rotatable bonds is 4. The van der Waals surface area contributed by atoms with Gasteiger partial charge in [0.1, 0.15) is 0 Å². The molecule has 1 spiro atoms. The summed E-state index contributed by atoms with van der Waals surface area (Å²) in [6, 6.07) is 0. The van der Waals surface area contributed by atoms with Gasteiger partial charge in [-0.05, 0) is 64.3 Å². The molecule has 3 heteroatoms. The molecule has 0 radical (unpaired) electrons. The first-order chi connectivity index (χ1) is 9.73. The van der Waals surface area contributed by atoms with Crippen LogP contribution in [0.5, 0.6) is 0 Å². The predicted octanol–water partition coefficient (Wildman–Crippen LogP) is 2.14. The third-order valence-corrected chi connectivity index (χ3v) is 5.98. The molecule has 116 valence electrons. The lowest BCUT2D eigenvalue weighted by Crippen LogP contribution is -2.63. The van der Waals surface area contributed by atoms with Gasteiger partial charge in [-0.3, -0.25) is 0 Å². The van der Waals surface area contributed by atoms with Crippen LogP contribution in [-0.4, -0.2) is 73.6 Å². The van der Waals surface area contributed by atoms with Crippen LogP contribution in [0, 0.1) is 11.3 Å². The summed E-state index contributed by atoms with van der Waals surface area (Å²) < 4.78 is 0. The van der Waals surface area contributed by atoms with Crippen molar-refractivity contribution in [1.29, 1.82) is 0 Å². The molecule has 0 atom stereocenters. The maximum atomic E-state index is 2.81. The summed E-state index contributed by atoms with van der Waals surface area (Å²) in [6.45, 7) is 16.6. The summed E-state index contributed by atoms with van der Waals surface area (Å²) in [6.07, 6.45) is 5.77. The zero-order valence-corrected chi connectivity index (χ0v) is 13.6. The lowest BCUT2D eigenvalue weighted by atomic mass is 9.73. The summed E-state index contributed by atoms with van der Waals surface area (Å²) in [4.78, 5) is 8.03. The molecule has 0 amide bonds. The molecule has 3 saturated heterocycles. The SMILES string of the molecule is CCN1CCC(CN2CCCC3(C2)CN(CC)C3)CC1. The fourth-order valence-corrected chi connectivity index (χ4v) is 4.70. The first-order valence-electron chi connectivity index (χ1n) is 8.90. The Morgan fingerprint density at radius 3 is 2.15 bits per heavy atom. The topological polar surface area (TPSA) is 9.72 Å². The highest BCUT2D eigenvalue weighted by Crippen LogP contribution is 2.39. The number of nitrogens with zero attached hydrogens (tertiary/aromatic N) is 3. The molecule has 0 aromatic rings. The normalized spacial score (nSPS) is 29.7. The molecule has 0 N–H and O–H groups in total. The van der Waals surface area contributed by atoms with Crippen LogP contribution in [-0.2, 0) is 0 Å². The quantitative estimate of drug-likeness (QED) is 0.780. The molecule has 3 heterocycles. The van der Waals surface area contributed by atoms with Gasteiger partial charge in [0.15, 0.2) is 0 Å². The van der Waals surface area contributed by atoms with Crippen LogP contribution >= 0.6 is 0 Å². The highest BCUT2D eigenvalue weighted by molar-refractivity contribution is 4.99. The molecule has 0 bridgehead atoms. The van der Waals surface area contributed by atoms with E-state index in [9.17, 15) is 0 Å². The van der Waals surface area contributed by atoms with Crippen molar-refractivity contribution < 1.29 is 0 Å². The molecule has 0 aliphatic carbocycles. The number of likely N-dealkylation sites (tertiary alicyclic amines) is 3. The molecule has 3 fully saturated rings. The van der Waals surface area contributed by atoms with Crippen LogP contribution in [0.4, 0.5) is 0 Å². The van der Waals surface area contributed by atoms with Crippen molar-refractivity contribution in [3.05, 3.63) is 0 Å². The van der Waals surface area contributed by atoms with Gasteiger partial charge < -0.3 is 14.7 Å². The molecular formula is C17H33N3. The second kappa shape index (κ2) is 6.33. The molecule has 3 aliphatic heterocycles. The standard InChI is InChI=1S/C17H33N3/c1-3-18-10-6-16(7-11-18)12-20-9-5-8-17(15-20)13-19(4-2)14-17/h16H,3-15H2,1-2H3. The van der Waals surface area contributed by atoms with E-state index in [-0.39, 0.29) is 0 Å². The largest absolute Gasteiger partial charge is 0.304 e. The van der Waals surface area contributed by atoms with Gasteiger partial charge >= 0.3 is 0 Å². The Morgan fingerprint density at radius 1 is 0.850 bits per heavy atom.